The summed E-state index contributed by atoms with van der Waals surface area (Å²) in [6.07, 6.45) is 7.38. The molecule has 51 heavy (non-hydrogen) atoms. The lowest BCUT2D eigenvalue weighted by atomic mass is 9.48. The number of aliphatic imine (C=N–C) groups is 1. The predicted octanol–water partition coefficient (Wildman–Crippen LogP) is 6.88. The third-order valence-corrected chi connectivity index (χ3v) is 10.6. The zero-order valence-electron chi connectivity index (χ0n) is 32.3. The summed E-state index contributed by atoms with van der Waals surface area (Å²) in [6.45, 7) is 19.7. The van der Waals surface area contributed by atoms with E-state index in [-0.39, 0.29) is 33.5 Å². The molecular formula is C41H59N5O5. The molecule has 0 spiro atoms. The molecule has 2 heterocycles. The van der Waals surface area contributed by atoms with Crippen LogP contribution in [0.3, 0.4) is 0 Å². The number of nitrogens with zero attached hydrogens (tertiary/aromatic N) is 3. The van der Waals surface area contributed by atoms with Crippen molar-refractivity contribution < 1.29 is 23.8 Å². The van der Waals surface area contributed by atoms with Crippen LogP contribution in [0.5, 0.6) is 0 Å². The summed E-state index contributed by atoms with van der Waals surface area (Å²) in [7, 11) is 1.39. The number of hydrogen-bond acceptors (Lipinski definition) is 10. The molecular weight excluding hydrogens is 642 g/mol. The second-order valence-corrected chi connectivity index (χ2v) is 17.6. The van der Waals surface area contributed by atoms with E-state index in [1.165, 1.54) is 13.3 Å². The Morgan fingerprint density at radius 2 is 1.75 bits per heavy atom. The number of methoxy groups -OCH3 is 1. The summed E-state index contributed by atoms with van der Waals surface area (Å²) in [5, 5.41) is 0. The Morgan fingerprint density at radius 3 is 2.41 bits per heavy atom. The maximum absolute atomic E-state index is 13.8. The van der Waals surface area contributed by atoms with Crippen molar-refractivity contribution in [3.63, 3.8) is 0 Å². The van der Waals surface area contributed by atoms with Crippen LogP contribution in [0.4, 0.5) is 5.82 Å². The molecule has 2 saturated carbocycles. The topological polar surface area (TPSA) is 142 Å². The van der Waals surface area contributed by atoms with Crippen LogP contribution in [0.25, 0.3) is 5.57 Å². The molecule has 278 valence electrons. The third-order valence-electron chi connectivity index (χ3n) is 10.6. The first-order chi connectivity index (χ1) is 23.8. The Hall–Kier alpha value is -3.76. The summed E-state index contributed by atoms with van der Waals surface area (Å²) in [5.74, 6) is -0.308. The molecule has 3 atom stereocenters. The van der Waals surface area contributed by atoms with Crippen molar-refractivity contribution in [2.45, 2.75) is 112 Å². The number of nitrogens with two attached hydrogens (primary N) is 2. The molecule has 2 aromatic rings. The van der Waals surface area contributed by atoms with Crippen LogP contribution < -0.4 is 16.4 Å². The lowest BCUT2D eigenvalue weighted by molar-refractivity contribution is -0.187. The van der Waals surface area contributed by atoms with Gasteiger partial charge in [0, 0.05) is 49.2 Å². The Balaban J connectivity index is 1.46. The molecule has 1 aliphatic heterocycles. The molecule has 0 amide bonds. The second kappa shape index (κ2) is 14.3. The van der Waals surface area contributed by atoms with Gasteiger partial charge in [0.15, 0.2) is 5.69 Å². The number of carbonyl (C=O) groups excluding carboxylic acids is 2. The minimum absolute atomic E-state index is 0.0945. The fraction of sp³-hybridized carbons (Fsp3) is 0.610. The van der Waals surface area contributed by atoms with E-state index in [1.807, 2.05) is 52.0 Å². The number of esters is 2. The number of anilines is 1. The van der Waals surface area contributed by atoms with Gasteiger partial charge in [0.2, 0.25) is 0 Å². The minimum atomic E-state index is -0.735. The van der Waals surface area contributed by atoms with E-state index in [4.69, 9.17) is 35.7 Å². The number of fused-ring (bicyclic) bond motifs is 3. The van der Waals surface area contributed by atoms with Crippen LogP contribution in [0.15, 0.2) is 41.5 Å². The Labute approximate surface area is 304 Å². The molecule has 1 aromatic heterocycles. The van der Waals surface area contributed by atoms with Crippen LogP contribution in [0, 0.1) is 16.2 Å². The highest BCUT2D eigenvalue weighted by Gasteiger charge is 2.57. The van der Waals surface area contributed by atoms with Gasteiger partial charge in [-0.1, -0.05) is 39.8 Å². The molecule has 2 aliphatic carbocycles. The molecule has 10 nitrogen and oxygen atoms in total. The number of hydrogen-bond donors (Lipinski definition) is 2. The van der Waals surface area contributed by atoms with Gasteiger partial charge in [-0.3, -0.25) is 4.99 Å². The summed E-state index contributed by atoms with van der Waals surface area (Å²) in [5.41, 5.74) is 16.1. The average Bonchev–Trinajstić information content (AvgIpc) is 3.03. The standard InChI is InChI=1S/C41H59N5O5/c1-27(44-26-40(8)23-39(7)21-38(5,6)22-41(24-39,25-40)50-18-16-42)31(19-43)29-13-14-33(45-34(29)36(48)51-37(2,3)4)46-17-15-28-11-10-12-30(32(28)20-46)35(47)49-9/h10-14,19H,15-18,20-26,42-43H2,1-9H3. The van der Waals surface area contributed by atoms with Gasteiger partial charge < -0.3 is 30.6 Å². The lowest BCUT2D eigenvalue weighted by Crippen LogP contribution is -2.57. The zero-order chi connectivity index (χ0) is 37.4. The Morgan fingerprint density at radius 1 is 1.00 bits per heavy atom. The van der Waals surface area contributed by atoms with E-state index in [0.29, 0.717) is 55.3 Å². The number of rotatable bonds is 10. The van der Waals surface area contributed by atoms with Crippen LogP contribution in [-0.2, 0) is 27.2 Å². The largest absolute Gasteiger partial charge is 0.465 e. The molecule has 4 N–H and O–H groups in total. The van der Waals surface area contributed by atoms with Crippen molar-refractivity contribution in [1.82, 2.24) is 4.98 Å². The van der Waals surface area contributed by atoms with Crippen LogP contribution in [0.2, 0.25) is 0 Å². The highest BCUT2D eigenvalue weighted by molar-refractivity contribution is 6.24. The monoisotopic (exact) mass is 701 g/mol. The third kappa shape index (κ3) is 8.66. The van der Waals surface area contributed by atoms with Gasteiger partial charge in [0.05, 0.1) is 24.9 Å². The Bertz CT molecular complexity index is 1710. The first-order valence-corrected chi connectivity index (χ1v) is 18.3. The van der Waals surface area contributed by atoms with Gasteiger partial charge in [-0.25, -0.2) is 14.6 Å². The first kappa shape index (κ1) is 38.5. The summed E-state index contributed by atoms with van der Waals surface area (Å²) >= 11 is 0. The average molecular weight is 702 g/mol. The summed E-state index contributed by atoms with van der Waals surface area (Å²) in [4.78, 5) is 38.6. The van der Waals surface area contributed by atoms with Gasteiger partial charge in [-0.2, -0.15) is 0 Å². The zero-order valence-corrected chi connectivity index (χ0v) is 32.3. The van der Waals surface area contributed by atoms with Gasteiger partial charge in [0.1, 0.15) is 11.4 Å². The van der Waals surface area contributed by atoms with Crippen LogP contribution >= 0.6 is 0 Å². The molecule has 2 fully saturated rings. The predicted molar refractivity (Wildman–Crippen MR) is 203 cm³/mol. The second-order valence-electron chi connectivity index (χ2n) is 17.6. The quantitative estimate of drug-likeness (QED) is 0.200. The van der Waals surface area contributed by atoms with E-state index < -0.39 is 11.6 Å². The van der Waals surface area contributed by atoms with Gasteiger partial charge in [-0.15, -0.1) is 0 Å². The van der Waals surface area contributed by atoms with Crippen molar-refractivity contribution in [2.24, 2.45) is 32.7 Å². The molecule has 1 aromatic carbocycles. The van der Waals surface area contributed by atoms with Crippen molar-refractivity contribution in [1.29, 1.82) is 0 Å². The van der Waals surface area contributed by atoms with Crippen molar-refractivity contribution in [3.05, 3.63) is 64.5 Å². The molecule has 0 saturated heterocycles. The first-order valence-electron chi connectivity index (χ1n) is 18.3. The fourth-order valence-electron chi connectivity index (χ4n) is 9.86. The summed E-state index contributed by atoms with van der Waals surface area (Å²) in [6, 6.07) is 9.49. The number of aromatic nitrogens is 1. The normalized spacial score (nSPS) is 26.4. The number of carbonyl (C=O) groups is 2. The minimum Gasteiger partial charge on any atom is -0.465 e. The Kier molecular flexibility index (Phi) is 10.8. The summed E-state index contributed by atoms with van der Waals surface area (Å²) < 4.78 is 17.6. The van der Waals surface area contributed by atoms with Crippen molar-refractivity contribution in [3.8, 4) is 0 Å². The number of pyridine rings is 1. The number of allylic oxidation sites excluding steroid dienone is 1. The highest BCUT2D eigenvalue weighted by atomic mass is 16.6. The van der Waals surface area contributed by atoms with Crippen LogP contribution in [0.1, 0.15) is 125 Å². The molecule has 5 rings (SSSR count). The molecule has 10 heteroatoms. The van der Waals surface area contributed by atoms with Gasteiger partial charge in [-0.05, 0) is 112 Å². The molecule has 2 bridgehead atoms. The maximum atomic E-state index is 13.8. The van der Waals surface area contributed by atoms with Gasteiger partial charge in [0.25, 0.3) is 0 Å². The SMILES string of the molecule is COC(=O)c1cccc2c1CN(c1ccc(C(=CN)C(C)=NCC3(C)CC4(C)CC(C)(C)CC(OCCN)(C3)C4)c(C(=O)OC(C)(C)C)n1)CC2. The van der Waals surface area contributed by atoms with E-state index in [9.17, 15) is 9.59 Å². The lowest BCUT2D eigenvalue weighted by Gasteiger charge is -2.61. The number of benzene rings is 1. The van der Waals surface area contributed by atoms with E-state index in [0.717, 1.165) is 55.4 Å². The molecule has 3 aliphatic rings. The van der Waals surface area contributed by atoms with Crippen LogP contribution in [-0.4, -0.2) is 67.2 Å². The van der Waals surface area contributed by atoms with E-state index in [2.05, 4.69) is 32.6 Å². The molecule has 3 unspecified atom stereocenters. The van der Waals surface area contributed by atoms with Crippen molar-refractivity contribution in [2.75, 3.05) is 38.3 Å². The molecule has 0 radical (unpaired) electrons. The smallest absolute Gasteiger partial charge is 0.358 e. The maximum Gasteiger partial charge on any atom is 0.358 e. The number of ether oxygens (including phenoxy) is 3. The van der Waals surface area contributed by atoms with E-state index in [1.54, 1.807) is 6.07 Å². The van der Waals surface area contributed by atoms with Crippen molar-refractivity contribution >= 4 is 29.0 Å². The highest BCUT2D eigenvalue weighted by Crippen LogP contribution is 2.63. The fourth-order valence-corrected chi connectivity index (χ4v) is 9.86. The van der Waals surface area contributed by atoms with E-state index >= 15 is 0 Å². The van der Waals surface area contributed by atoms with Gasteiger partial charge >= 0.3 is 11.9 Å².